The van der Waals surface area contributed by atoms with Crippen molar-refractivity contribution in [1.29, 1.82) is 0 Å². The molecule has 1 aliphatic rings. The highest BCUT2D eigenvalue weighted by molar-refractivity contribution is 7.12. The van der Waals surface area contributed by atoms with Gasteiger partial charge in [0.2, 0.25) is 0 Å². The molecule has 0 aliphatic heterocycles. The molecule has 1 fully saturated rings. The predicted octanol–water partition coefficient (Wildman–Crippen LogP) is 2.49. The van der Waals surface area contributed by atoms with Crippen LogP contribution in [-0.4, -0.2) is 22.5 Å². The highest BCUT2D eigenvalue weighted by atomic mass is 32.1. The minimum Gasteiger partial charge on any atom is -0.481 e. The van der Waals surface area contributed by atoms with Gasteiger partial charge in [0.05, 0.1) is 17.5 Å². The zero-order chi connectivity index (χ0) is 13.3. The summed E-state index contributed by atoms with van der Waals surface area (Å²) in [5.41, 5.74) is 0.153. The Morgan fingerprint density at radius 2 is 2.11 bits per heavy atom. The fourth-order valence-electron chi connectivity index (χ4n) is 2.40. The smallest absolute Gasteiger partial charge is 0.305 e. The lowest BCUT2D eigenvalue weighted by Crippen LogP contribution is -2.54. The lowest BCUT2D eigenvalue weighted by Gasteiger charge is -2.41. The van der Waals surface area contributed by atoms with E-state index in [1.807, 2.05) is 19.9 Å². The van der Waals surface area contributed by atoms with E-state index in [1.54, 1.807) is 11.3 Å². The molecule has 0 aromatic carbocycles. The Hall–Kier alpha value is -1.36. The number of carboxylic acid groups (broad SMARTS) is 1. The van der Waals surface area contributed by atoms with E-state index in [1.165, 1.54) is 0 Å². The molecule has 1 heterocycles. The van der Waals surface area contributed by atoms with Gasteiger partial charge < -0.3 is 10.4 Å². The molecular formula is C13H17NO3S. The molecule has 18 heavy (non-hydrogen) atoms. The van der Waals surface area contributed by atoms with Crippen LogP contribution in [0.4, 0.5) is 0 Å². The van der Waals surface area contributed by atoms with Crippen molar-refractivity contribution >= 4 is 23.2 Å². The van der Waals surface area contributed by atoms with Gasteiger partial charge in [-0.05, 0) is 39.2 Å². The molecule has 1 saturated carbocycles. The predicted molar refractivity (Wildman–Crippen MR) is 70.1 cm³/mol. The zero-order valence-electron chi connectivity index (χ0n) is 10.6. The summed E-state index contributed by atoms with van der Waals surface area (Å²) in [7, 11) is 0. The van der Waals surface area contributed by atoms with E-state index in [9.17, 15) is 9.59 Å². The van der Waals surface area contributed by atoms with Crippen LogP contribution in [0.3, 0.4) is 0 Å². The number of carbonyl (C=O) groups is 2. The molecule has 98 valence electrons. The van der Waals surface area contributed by atoms with E-state index in [4.69, 9.17) is 5.11 Å². The van der Waals surface area contributed by atoms with E-state index < -0.39 is 11.5 Å². The average Bonchev–Trinajstić information content (AvgIpc) is 2.53. The second-order valence-electron chi connectivity index (χ2n) is 4.99. The summed E-state index contributed by atoms with van der Waals surface area (Å²) in [5, 5.41) is 11.8. The fraction of sp³-hybridized carbons (Fsp3) is 0.538. The lowest BCUT2D eigenvalue weighted by molar-refractivity contribution is -0.139. The molecule has 0 saturated heterocycles. The third-order valence-electron chi connectivity index (χ3n) is 3.46. The lowest BCUT2D eigenvalue weighted by atomic mass is 9.74. The quantitative estimate of drug-likeness (QED) is 0.880. The van der Waals surface area contributed by atoms with Gasteiger partial charge in [-0.2, -0.15) is 0 Å². The van der Waals surface area contributed by atoms with Crippen LogP contribution in [0, 0.1) is 13.8 Å². The molecule has 1 aliphatic carbocycles. The minimum atomic E-state index is -0.853. The van der Waals surface area contributed by atoms with Gasteiger partial charge in [-0.25, -0.2) is 0 Å². The molecule has 0 unspecified atom stereocenters. The SMILES string of the molecule is Cc1cc(C(=O)NC2(CC(=O)O)CCC2)c(C)s1. The van der Waals surface area contributed by atoms with E-state index in [0.29, 0.717) is 5.56 Å². The summed E-state index contributed by atoms with van der Waals surface area (Å²) < 4.78 is 0. The highest BCUT2D eigenvalue weighted by Crippen LogP contribution is 2.35. The third kappa shape index (κ3) is 2.56. The Balaban J connectivity index is 2.11. The monoisotopic (exact) mass is 267 g/mol. The second-order valence-corrected chi connectivity index (χ2v) is 6.45. The highest BCUT2D eigenvalue weighted by Gasteiger charge is 2.40. The summed E-state index contributed by atoms with van der Waals surface area (Å²) >= 11 is 1.59. The standard InChI is InChI=1S/C13H17NO3S/c1-8-6-10(9(2)18-8)12(17)14-13(4-3-5-13)7-11(15)16/h6H,3-5,7H2,1-2H3,(H,14,17)(H,15,16). The van der Waals surface area contributed by atoms with E-state index in [2.05, 4.69) is 5.32 Å². The maximum Gasteiger partial charge on any atom is 0.305 e. The van der Waals surface area contributed by atoms with Gasteiger partial charge in [0.15, 0.2) is 0 Å². The Kier molecular flexibility index (Phi) is 3.43. The van der Waals surface area contributed by atoms with Crippen molar-refractivity contribution in [2.75, 3.05) is 0 Å². The van der Waals surface area contributed by atoms with Crippen LogP contribution >= 0.6 is 11.3 Å². The normalized spacial score (nSPS) is 17.0. The zero-order valence-corrected chi connectivity index (χ0v) is 11.4. The number of nitrogens with one attached hydrogen (secondary N) is 1. The van der Waals surface area contributed by atoms with Crippen molar-refractivity contribution < 1.29 is 14.7 Å². The number of carboxylic acids is 1. The van der Waals surface area contributed by atoms with Crippen LogP contribution in [0.5, 0.6) is 0 Å². The van der Waals surface area contributed by atoms with Crippen LogP contribution in [0.15, 0.2) is 6.07 Å². The van der Waals surface area contributed by atoms with E-state index in [-0.39, 0.29) is 12.3 Å². The van der Waals surface area contributed by atoms with E-state index in [0.717, 1.165) is 29.0 Å². The van der Waals surface area contributed by atoms with Crippen molar-refractivity contribution in [1.82, 2.24) is 5.32 Å². The number of hydrogen-bond acceptors (Lipinski definition) is 3. The van der Waals surface area contributed by atoms with Gasteiger partial charge in [0.25, 0.3) is 5.91 Å². The first kappa shape index (κ1) is 13.1. The second kappa shape index (κ2) is 4.72. The van der Waals surface area contributed by atoms with Crippen LogP contribution in [0.2, 0.25) is 0 Å². The molecule has 2 N–H and O–H groups in total. The summed E-state index contributed by atoms with van der Waals surface area (Å²) in [6.07, 6.45) is 2.51. The van der Waals surface area contributed by atoms with Gasteiger partial charge >= 0.3 is 5.97 Å². The Labute approximate surface area is 110 Å². The molecule has 0 radical (unpaired) electrons. The van der Waals surface area contributed by atoms with Crippen LogP contribution in [0.25, 0.3) is 0 Å². The van der Waals surface area contributed by atoms with Crippen molar-refractivity contribution in [2.45, 2.75) is 45.1 Å². The number of rotatable bonds is 4. The summed E-state index contributed by atoms with van der Waals surface area (Å²) in [5.74, 6) is -0.994. The number of thiophene rings is 1. The first-order valence-electron chi connectivity index (χ1n) is 6.03. The summed E-state index contributed by atoms with van der Waals surface area (Å²) in [6, 6.07) is 1.86. The van der Waals surface area contributed by atoms with E-state index >= 15 is 0 Å². The number of carbonyl (C=O) groups excluding carboxylic acids is 1. The fourth-order valence-corrected chi connectivity index (χ4v) is 3.32. The summed E-state index contributed by atoms with van der Waals surface area (Å²) in [6.45, 7) is 3.88. The maximum atomic E-state index is 12.2. The van der Waals surface area contributed by atoms with Gasteiger partial charge in [-0.15, -0.1) is 11.3 Å². The average molecular weight is 267 g/mol. The largest absolute Gasteiger partial charge is 0.481 e. The van der Waals surface area contributed by atoms with Crippen LogP contribution < -0.4 is 5.32 Å². The first-order chi connectivity index (χ1) is 8.42. The number of hydrogen-bond donors (Lipinski definition) is 2. The molecule has 1 aromatic heterocycles. The number of aliphatic carboxylic acids is 1. The molecule has 0 spiro atoms. The Morgan fingerprint density at radius 3 is 2.50 bits per heavy atom. The molecule has 0 bridgehead atoms. The molecule has 2 rings (SSSR count). The van der Waals surface area contributed by atoms with Crippen molar-refractivity contribution in [3.8, 4) is 0 Å². The van der Waals surface area contributed by atoms with Gasteiger partial charge in [0, 0.05) is 9.75 Å². The Bertz CT molecular complexity index is 488. The molecule has 4 nitrogen and oxygen atoms in total. The first-order valence-corrected chi connectivity index (χ1v) is 6.85. The number of amides is 1. The van der Waals surface area contributed by atoms with Crippen molar-refractivity contribution in [3.05, 3.63) is 21.4 Å². The molecular weight excluding hydrogens is 250 g/mol. The maximum absolute atomic E-state index is 12.2. The van der Waals surface area contributed by atoms with Gasteiger partial charge in [0.1, 0.15) is 0 Å². The Morgan fingerprint density at radius 1 is 1.44 bits per heavy atom. The molecule has 1 aromatic rings. The molecule has 5 heteroatoms. The van der Waals surface area contributed by atoms with Crippen molar-refractivity contribution in [3.63, 3.8) is 0 Å². The van der Waals surface area contributed by atoms with Crippen LogP contribution in [-0.2, 0) is 4.79 Å². The van der Waals surface area contributed by atoms with Gasteiger partial charge in [-0.1, -0.05) is 0 Å². The van der Waals surface area contributed by atoms with Gasteiger partial charge in [-0.3, -0.25) is 9.59 Å². The van der Waals surface area contributed by atoms with Crippen LogP contribution in [0.1, 0.15) is 45.8 Å². The topological polar surface area (TPSA) is 66.4 Å². The third-order valence-corrected chi connectivity index (χ3v) is 4.43. The summed E-state index contributed by atoms with van der Waals surface area (Å²) in [4.78, 5) is 25.1. The van der Waals surface area contributed by atoms with Crippen molar-refractivity contribution in [2.24, 2.45) is 0 Å². The minimum absolute atomic E-state index is 0.0148. The number of aryl methyl sites for hydroxylation is 2. The molecule has 0 atom stereocenters. The molecule has 1 amide bonds.